The molecular formula is C28H32N4O3. The number of aromatic nitrogens is 2. The molecule has 7 heteroatoms. The number of imidazole rings is 1. The summed E-state index contributed by atoms with van der Waals surface area (Å²) in [6.07, 6.45) is 6.31. The summed E-state index contributed by atoms with van der Waals surface area (Å²) in [5, 5.41) is 5.80. The maximum atomic E-state index is 13.6. The molecule has 182 valence electrons. The SMILES string of the molecule is Cc1ccc(C23CC4CC(CC(C(=O)NCC(=O)Nc5ccc6[nH]c(=O)[nH]c6c5)(C4)C2)C3)cc1C. The normalized spacial score (nSPS) is 28.9. The van der Waals surface area contributed by atoms with Crippen LogP contribution < -0.4 is 16.3 Å². The number of benzene rings is 2. The fourth-order valence-electron chi connectivity index (χ4n) is 7.60. The molecule has 4 aliphatic rings. The summed E-state index contributed by atoms with van der Waals surface area (Å²) >= 11 is 0. The number of carbonyl (C=O) groups excluding carboxylic acids is 2. The molecule has 0 radical (unpaired) electrons. The Hall–Kier alpha value is -3.35. The lowest BCUT2D eigenvalue weighted by Crippen LogP contribution is -2.59. The van der Waals surface area contributed by atoms with Gasteiger partial charge in [0.2, 0.25) is 11.8 Å². The van der Waals surface area contributed by atoms with Crippen molar-refractivity contribution in [3.05, 3.63) is 63.6 Å². The predicted octanol–water partition coefficient (Wildman–Crippen LogP) is 4.07. The van der Waals surface area contributed by atoms with Crippen LogP contribution in [0.25, 0.3) is 11.0 Å². The zero-order valence-corrected chi connectivity index (χ0v) is 20.3. The van der Waals surface area contributed by atoms with Crippen LogP contribution >= 0.6 is 0 Å². The quantitative estimate of drug-likeness (QED) is 0.450. The molecule has 0 saturated heterocycles. The largest absolute Gasteiger partial charge is 0.347 e. The van der Waals surface area contributed by atoms with Gasteiger partial charge in [-0.15, -0.1) is 0 Å². The Morgan fingerprint density at radius 3 is 2.43 bits per heavy atom. The monoisotopic (exact) mass is 472 g/mol. The van der Waals surface area contributed by atoms with E-state index in [1.54, 1.807) is 18.2 Å². The highest BCUT2D eigenvalue weighted by Crippen LogP contribution is 2.65. The molecule has 35 heavy (non-hydrogen) atoms. The number of fused-ring (bicyclic) bond motifs is 1. The Morgan fingerprint density at radius 1 is 0.943 bits per heavy atom. The van der Waals surface area contributed by atoms with Crippen LogP contribution in [-0.4, -0.2) is 28.3 Å². The van der Waals surface area contributed by atoms with Gasteiger partial charge < -0.3 is 20.6 Å². The molecule has 7 nitrogen and oxygen atoms in total. The number of anilines is 1. The molecule has 4 aliphatic carbocycles. The predicted molar refractivity (Wildman–Crippen MR) is 135 cm³/mol. The van der Waals surface area contributed by atoms with Crippen LogP contribution in [-0.2, 0) is 15.0 Å². The average molecular weight is 473 g/mol. The van der Waals surface area contributed by atoms with E-state index >= 15 is 0 Å². The van der Waals surface area contributed by atoms with Crippen molar-refractivity contribution in [1.29, 1.82) is 0 Å². The van der Waals surface area contributed by atoms with Gasteiger partial charge in [-0.3, -0.25) is 9.59 Å². The number of aromatic amines is 2. The van der Waals surface area contributed by atoms with Gasteiger partial charge in [-0.05, 0) is 105 Å². The second-order valence-corrected chi connectivity index (χ2v) is 11.4. The highest BCUT2D eigenvalue weighted by Gasteiger charge is 2.60. The van der Waals surface area contributed by atoms with E-state index in [0.29, 0.717) is 28.6 Å². The minimum atomic E-state index is -0.382. The van der Waals surface area contributed by atoms with Crippen LogP contribution in [0.1, 0.15) is 55.2 Å². The lowest BCUT2D eigenvalue weighted by atomic mass is 9.42. The van der Waals surface area contributed by atoms with Crippen LogP contribution in [0.15, 0.2) is 41.2 Å². The molecule has 2 aromatic carbocycles. The third-order valence-corrected chi connectivity index (χ3v) is 8.87. The van der Waals surface area contributed by atoms with Crippen molar-refractivity contribution >= 4 is 28.5 Å². The van der Waals surface area contributed by atoms with E-state index in [2.05, 4.69) is 52.6 Å². The number of hydrogen-bond donors (Lipinski definition) is 4. The smallest absolute Gasteiger partial charge is 0.323 e. The number of H-pyrrole nitrogens is 2. The van der Waals surface area contributed by atoms with Crippen molar-refractivity contribution in [1.82, 2.24) is 15.3 Å². The van der Waals surface area contributed by atoms with Gasteiger partial charge in [0.15, 0.2) is 0 Å². The van der Waals surface area contributed by atoms with Crippen LogP contribution in [0.4, 0.5) is 5.69 Å². The Balaban J connectivity index is 1.16. The van der Waals surface area contributed by atoms with Gasteiger partial charge in [0.25, 0.3) is 0 Å². The molecule has 0 aliphatic heterocycles. The van der Waals surface area contributed by atoms with Gasteiger partial charge in [0, 0.05) is 5.69 Å². The van der Waals surface area contributed by atoms with Gasteiger partial charge in [-0.1, -0.05) is 18.2 Å². The maximum absolute atomic E-state index is 13.6. The summed E-state index contributed by atoms with van der Waals surface area (Å²) in [6, 6.07) is 12.0. The fourth-order valence-corrected chi connectivity index (χ4v) is 7.60. The zero-order chi connectivity index (χ0) is 24.4. The first-order valence-electron chi connectivity index (χ1n) is 12.6. The minimum absolute atomic E-state index is 0.0281. The third-order valence-electron chi connectivity index (χ3n) is 8.87. The van der Waals surface area contributed by atoms with E-state index in [0.717, 1.165) is 19.3 Å². The number of amides is 2. The van der Waals surface area contributed by atoms with E-state index in [1.807, 2.05) is 0 Å². The van der Waals surface area contributed by atoms with Gasteiger partial charge in [-0.2, -0.15) is 0 Å². The average Bonchev–Trinajstić information content (AvgIpc) is 3.17. The van der Waals surface area contributed by atoms with Crippen LogP contribution in [0, 0.1) is 31.1 Å². The van der Waals surface area contributed by atoms with Crippen LogP contribution in [0.3, 0.4) is 0 Å². The third kappa shape index (κ3) is 3.77. The highest BCUT2D eigenvalue weighted by atomic mass is 16.2. The summed E-state index contributed by atoms with van der Waals surface area (Å²) in [6.45, 7) is 4.26. The molecule has 2 amide bonds. The molecule has 1 aromatic heterocycles. The molecule has 3 aromatic rings. The van der Waals surface area contributed by atoms with Crippen molar-refractivity contribution < 1.29 is 9.59 Å². The minimum Gasteiger partial charge on any atom is -0.347 e. The molecule has 0 spiro atoms. The van der Waals surface area contributed by atoms with Gasteiger partial charge in [0.1, 0.15) is 0 Å². The zero-order valence-electron chi connectivity index (χ0n) is 20.3. The summed E-state index contributed by atoms with van der Waals surface area (Å²) in [4.78, 5) is 43.1. The number of hydrogen-bond acceptors (Lipinski definition) is 3. The fraction of sp³-hybridized carbons (Fsp3) is 0.464. The highest BCUT2D eigenvalue weighted by molar-refractivity contribution is 5.96. The molecular weight excluding hydrogens is 440 g/mol. The molecule has 4 N–H and O–H groups in total. The van der Waals surface area contributed by atoms with Gasteiger partial charge in [0.05, 0.1) is 23.0 Å². The first-order valence-corrected chi connectivity index (χ1v) is 12.6. The van der Waals surface area contributed by atoms with E-state index in [-0.39, 0.29) is 34.9 Å². The van der Waals surface area contributed by atoms with E-state index in [9.17, 15) is 14.4 Å². The maximum Gasteiger partial charge on any atom is 0.323 e. The van der Waals surface area contributed by atoms with Crippen molar-refractivity contribution in [2.75, 3.05) is 11.9 Å². The second-order valence-electron chi connectivity index (χ2n) is 11.4. The van der Waals surface area contributed by atoms with Crippen molar-refractivity contribution in [2.24, 2.45) is 17.3 Å². The van der Waals surface area contributed by atoms with Gasteiger partial charge >= 0.3 is 5.69 Å². The molecule has 4 bridgehead atoms. The Labute approximate surface area is 204 Å². The second kappa shape index (κ2) is 7.83. The first kappa shape index (κ1) is 22.1. The van der Waals surface area contributed by atoms with Gasteiger partial charge in [-0.25, -0.2) is 4.79 Å². The van der Waals surface area contributed by atoms with Crippen LogP contribution in [0.5, 0.6) is 0 Å². The summed E-state index contributed by atoms with van der Waals surface area (Å²) in [7, 11) is 0. The summed E-state index contributed by atoms with van der Waals surface area (Å²) in [5.74, 6) is 0.907. The summed E-state index contributed by atoms with van der Waals surface area (Å²) < 4.78 is 0. The number of aryl methyl sites for hydroxylation is 2. The molecule has 2 atom stereocenters. The Morgan fingerprint density at radius 2 is 1.69 bits per heavy atom. The van der Waals surface area contributed by atoms with Crippen LogP contribution in [0.2, 0.25) is 0 Å². The molecule has 4 fully saturated rings. The number of rotatable bonds is 5. The van der Waals surface area contributed by atoms with Crippen molar-refractivity contribution in [2.45, 2.75) is 57.8 Å². The van der Waals surface area contributed by atoms with E-state index < -0.39 is 0 Å². The number of nitrogens with one attached hydrogen (secondary N) is 4. The number of carbonyl (C=O) groups is 2. The van der Waals surface area contributed by atoms with E-state index in [1.165, 1.54) is 36.0 Å². The Kier molecular flexibility index (Phi) is 4.95. The van der Waals surface area contributed by atoms with Crippen molar-refractivity contribution in [3.8, 4) is 0 Å². The lowest BCUT2D eigenvalue weighted by Gasteiger charge is -2.61. The topological polar surface area (TPSA) is 107 Å². The molecule has 7 rings (SSSR count). The molecule has 1 heterocycles. The standard InChI is InChI=1S/C28H32N4O3/c1-16-3-4-20(7-17(16)2)27-10-18-8-19(11-27)13-28(12-18,15-27)25(34)29-14-24(33)30-21-5-6-22-23(9-21)32-26(35)31-22/h3-7,9,18-19H,8,10-15H2,1-2H3,(H,29,34)(H,30,33)(H2,31,32,35). The summed E-state index contributed by atoms with van der Waals surface area (Å²) in [5.41, 5.74) is 5.30. The first-order chi connectivity index (χ1) is 16.7. The Bertz CT molecular complexity index is 1390. The van der Waals surface area contributed by atoms with E-state index in [4.69, 9.17) is 0 Å². The molecule has 4 saturated carbocycles. The lowest BCUT2D eigenvalue weighted by molar-refractivity contribution is -0.149. The van der Waals surface area contributed by atoms with Crippen molar-refractivity contribution in [3.63, 3.8) is 0 Å². The molecule has 2 unspecified atom stereocenters.